The van der Waals surface area contributed by atoms with E-state index in [-0.39, 0.29) is 52.7 Å². The number of hydrogen-bond donors (Lipinski definition) is 0. The summed E-state index contributed by atoms with van der Waals surface area (Å²) in [4.78, 5) is 22.9. The van der Waals surface area contributed by atoms with Crippen LogP contribution in [0.3, 0.4) is 0 Å². The number of hydrogen-bond acceptors (Lipinski definition) is 7. The average molecular weight is 1140 g/mol. The predicted molar refractivity (Wildman–Crippen MR) is 285 cm³/mol. The van der Waals surface area contributed by atoms with Gasteiger partial charge in [-0.25, -0.2) is 15.0 Å². The van der Waals surface area contributed by atoms with Crippen molar-refractivity contribution in [2.24, 2.45) is 11.8 Å². The van der Waals surface area contributed by atoms with Gasteiger partial charge in [0.15, 0.2) is 0 Å². The molecule has 0 aliphatic rings. The van der Waals surface area contributed by atoms with Gasteiger partial charge in [-0.2, -0.15) is 22.9 Å². The summed E-state index contributed by atoms with van der Waals surface area (Å²) in [6, 6.07) is 56.5. The van der Waals surface area contributed by atoms with E-state index in [2.05, 4.69) is 167 Å². The minimum absolute atomic E-state index is 0. The third-order valence-electron chi connectivity index (χ3n) is 12.7. The van der Waals surface area contributed by atoms with Gasteiger partial charge in [0.1, 0.15) is 12.7 Å². The third-order valence-corrected chi connectivity index (χ3v) is 12.7. The minimum Gasteiger partial charge on any atom is -0.502 e. The smallest absolute Gasteiger partial charge is 0.502 e. The summed E-state index contributed by atoms with van der Waals surface area (Å²) in [7, 11) is 0. The van der Waals surface area contributed by atoms with E-state index in [1.807, 2.05) is 53.1 Å². The monoisotopic (exact) mass is 1140 g/mol. The second-order valence-electron chi connectivity index (χ2n) is 19.7. The van der Waals surface area contributed by atoms with E-state index in [9.17, 15) is 0 Å². The molecule has 0 amide bonds. The number of rotatable bonds is 15. The molecule has 0 saturated heterocycles. The van der Waals surface area contributed by atoms with Crippen molar-refractivity contribution in [2.45, 2.75) is 80.1 Å². The van der Waals surface area contributed by atoms with Crippen molar-refractivity contribution in [3.63, 3.8) is 0 Å². The second kappa shape index (κ2) is 23.1. The Morgan fingerprint density at radius 3 is 1.27 bits per heavy atom. The molecule has 0 fully saturated rings. The molecule has 10 heteroatoms. The van der Waals surface area contributed by atoms with Crippen molar-refractivity contribution in [2.75, 3.05) is 0 Å². The molecule has 0 spiro atoms. The zero-order chi connectivity index (χ0) is 49.2. The van der Waals surface area contributed by atoms with Gasteiger partial charge in [0.05, 0.1) is 0 Å². The van der Waals surface area contributed by atoms with Crippen LogP contribution < -0.4 is 9.47 Å². The summed E-state index contributed by atoms with van der Waals surface area (Å²) >= 11 is 0. The van der Waals surface area contributed by atoms with Crippen LogP contribution in [0, 0.1) is 36.1 Å². The van der Waals surface area contributed by atoms with Crippen LogP contribution in [0.4, 0.5) is 0 Å². The van der Waals surface area contributed by atoms with Gasteiger partial charge in [0.25, 0.3) is 0 Å². The fraction of sp³-hybridized carbons (Fsp3) is 0.222. The molecule has 10 aromatic rings. The number of nitrogens with zero attached hydrogens (tertiary/aromatic N) is 6. The molecular weight excluding hydrogens is 1090 g/mol. The second-order valence-corrected chi connectivity index (χ2v) is 19.7. The molecule has 8 nitrogen and oxygen atoms in total. The summed E-state index contributed by atoms with van der Waals surface area (Å²) < 4.78 is 16.0. The number of aromatic nitrogens is 6. The van der Waals surface area contributed by atoms with Gasteiger partial charge < -0.3 is 24.0 Å². The van der Waals surface area contributed by atoms with E-state index >= 15 is 0 Å². The standard InChI is InChI=1S/C63H56N6O2.2Pd/c1-39(2)29-43-15-19-45(20-16-43)61-53(41(5)6)31-47(55-13-9-11-27-65-55)33-59(61)70-49-23-25-51-52-26-24-50(36-58(52)69(57(51)35-49)63-67-37-64-38-68-63)71-60-34-48(56-14-10-12-28-66-56)32-54(42(7)8)62(60)46-21-17-44(18-22-46)30-40(3)4;;/h9-28,31-32,37-42H,29-30H2,1-8H3;;/q-4;2*+2. The molecule has 6 aromatic carbocycles. The van der Waals surface area contributed by atoms with Crippen LogP contribution in [-0.2, 0) is 53.7 Å². The molecule has 0 radical (unpaired) electrons. The predicted octanol–water partition coefficient (Wildman–Crippen LogP) is 15.9. The van der Waals surface area contributed by atoms with Crippen LogP contribution in [0.15, 0.2) is 146 Å². The van der Waals surface area contributed by atoms with Crippen molar-refractivity contribution in [1.82, 2.24) is 29.5 Å². The van der Waals surface area contributed by atoms with Crippen molar-refractivity contribution in [3.8, 4) is 73.7 Å². The molecular formula is C63H56N6O2Pd2. The zero-order valence-corrected chi connectivity index (χ0v) is 45.3. The van der Waals surface area contributed by atoms with E-state index in [1.54, 1.807) is 12.4 Å². The minimum atomic E-state index is 0. The Morgan fingerprint density at radius 2 is 0.904 bits per heavy atom. The van der Waals surface area contributed by atoms with Gasteiger partial charge in [0, 0.05) is 35.4 Å². The molecule has 0 N–H and O–H groups in total. The Bertz CT molecular complexity index is 3260. The first-order valence-corrected chi connectivity index (χ1v) is 24.6. The number of benzene rings is 6. The SMILES string of the molecule is CC(C)Cc1ccc(-c2c(Oc3[c-]c4c(cc3)c3ccc(Oc5[c-]c(-c6ccccn6)cc(C(C)C)c5-c5ccc(CC(C)C)cc5)[c-]c3n4-c3ncncn3)[c-]c(-c3ccccn3)cc2C(C)C)cc1.[Pd+2].[Pd+2]. The molecule has 10 rings (SSSR count). The van der Waals surface area contributed by atoms with E-state index in [0.29, 0.717) is 51.8 Å². The van der Waals surface area contributed by atoms with Crippen LogP contribution in [0.5, 0.6) is 23.0 Å². The van der Waals surface area contributed by atoms with Gasteiger partial charge in [-0.1, -0.05) is 174 Å². The van der Waals surface area contributed by atoms with E-state index in [4.69, 9.17) is 19.4 Å². The Morgan fingerprint density at radius 1 is 0.479 bits per heavy atom. The zero-order valence-electron chi connectivity index (χ0n) is 42.2. The molecule has 0 unspecified atom stereocenters. The van der Waals surface area contributed by atoms with Gasteiger partial charge in [-0.3, -0.25) is 0 Å². The summed E-state index contributed by atoms with van der Waals surface area (Å²) in [5, 5.41) is 1.83. The normalized spacial score (nSPS) is 11.4. The van der Waals surface area contributed by atoms with Crippen molar-refractivity contribution in [3.05, 3.63) is 193 Å². The van der Waals surface area contributed by atoms with Crippen molar-refractivity contribution in [1.29, 1.82) is 0 Å². The Hall–Kier alpha value is -6.65. The summed E-state index contributed by atoms with van der Waals surface area (Å²) in [5.74, 6) is 4.02. The maximum Gasteiger partial charge on any atom is 2.00 e. The first kappa shape index (κ1) is 52.7. The number of fused-ring (bicyclic) bond motifs is 3. The third kappa shape index (κ3) is 11.5. The fourth-order valence-corrected chi connectivity index (χ4v) is 9.41. The Labute approximate surface area is 457 Å². The molecule has 0 atom stereocenters. The molecule has 4 aromatic heterocycles. The Kier molecular flexibility index (Phi) is 16.6. The van der Waals surface area contributed by atoms with Crippen LogP contribution in [-0.4, -0.2) is 29.5 Å². The van der Waals surface area contributed by atoms with E-state index in [0.717, 1.165) is 79.5 Å². The summed E-state index contributed by atoms with van der Waals surface area (Å²) in [6.07, 6.45) is 8.61. The maximum absolute atomic E-state index is 7.02. The molecule has 4 heterocycles. The van der Waals surface area contributed by atoms with Crippen LogP contribution in [0.1, 0.15) is 89.5 Å². The quantitative estimate of drug-likeness (QED) is 0.0746. The molecule has 0 aliphatic heterocycles. The van der Waals surface area contributed by atoms with Crippen molar-refractivity contribution < 1.29 is 50.3 Å². The summed E-state index contributed by atoms with van der Waals surface area (Å²) in [6.45, 7) is 17.8. The average Bonchev–Trinajstić information content (AvgIpc) is 3.69. The van der Waals surface area contributed by atoms with Gasteiger partial charge >= 0.3 is 40.8 Å². The van der Waals surface area contributed by atoms with Crippen LogP contribution in [0.2, 0.25) is 0 Å². The Balaban J connectivity index is 0.00000356. The number of ether oxygens (including phenoxy) is 2. The number of pyridine rings is 2. The topological polar surface area (TPSA) is 87.8 Å². The molecule has 0 saturated carbocycles. The first-order chi connectivity index (χ1) is 34.5. The maximum atomic E-state index is 7.02. The van der Waals surface area contributed by atoms with Crippen molar-refractivity contribution >= 4 is 21.8 Å². The molecule has 73 heavy (non-hydrogen) atoms. The van der Waals surface area contributed by atoms with Gasteiger partial charge in [-0.05, 0) is 71.2 Å². The first-order valence-electron chi connectivity index (χ1n) is 24.6. The molecule has 0 bridgehead atoms. The molecule has 0 aliphatic carbocycles. The van der Waals surface area contributed by atoms with E-state index < -0.39 is 0 Å². The van der Waals surface area contributed by atoms with Gasteiger partial charge in [0.2, 0.25) is 5.95 Å². The fourth-order valence-electron chi connectivity index (χ4n) is 9.41. The molecule has 370 valence electrons. The van der Waals surface area contributed by atoms with Crippen LogP contribution in [0.25, 0.3) is 72.5 Å². The van der Waals surface area contributed by atoms with Crippen LogP contribution >= 0.6 is 0 Å². The summed E-state index contributed by atoms with van der Waals surface area (Å²) in [5.41, 5.74) is 13.7. The largest absolute Gasteiger partial charge is 2.00 e. The van der Waals surface area contributed by atoms with E-state index in [1.165, 1.54) is 23.8 Å². The van der Waals surface area contributed by atoms with Gasteiger partial charge in [-0.15, -0.1) is 58.7 Å².